The molecule has 4 rings (SSSR count). The van der Waals surface area contributed by atoms with Crippen LogP contribution in [0.5, 0.6) is 11.5 Å². The number of benzene rings is 2. The number of ether oxygens (including phenoxy) is 2. The normalized spacial score (nSPS) is 17.1. The summed E-state index contributed by atoms with van der Waals surface area (Å²) in [4.78, 5) is 30.8. The highest BCUT2D eigenvalue weighted by atomic mass is 16.5. The van der Waals surface area contributed by atoms with Crippen molar-refractivity contribution in [1.29, 1.82) is 0 Å². The summed E-state index contributed by atoms with van der Waals surface area (Å²) in [7, 11) is 1.55. The third kappa shape index (κ3) is 4.37. The lowest BCUT2D eigenvalue weighted by Gasteiger charge is -2.28. The van der Waals surface area contributed by atoms with Gasteiger partial charge < -0.3 is 19.5 Å². The fourth-order valence-corrected chi connectivity index (χ4v) is 4.18. The smallest absolute Gasteiger partial charge is 0.295 e. The van der Waals surface area contributed by atoms with Crippen molar-refractivity contribution < 1.29 is 29.2 Å². The van der Waals surface area contributed by atoms with Gasteiger partial charge in [-0.25, -0.2) is 4.98 Å². The zero-order valence-corrected chi connectivity index (χ0v) is 19.3. The number of aromatic nitrogens is 1. The molecule has 1 saturated heterocycles. The molecule has 0 radical (unpaired) electrons. The van der Waals surface area contributed by atoms with Gasteiger partial charge >= 0.3 is 0 Å². The van der Waals surface area contributed by atoms with Gasteiger partial charge in [-0.1, -0.05) is 24.0 Å². The third-order valence-electron chi connectivity index (χ3n) is 5.84. The van der Waals surface area contributed by atoms with E-state index in [4.69, 9.17) is 9.47 Å². The molecule has 1 aliphatic heterocycles. The van der Waals surface area contributed by atoms with E-state index >= 15 is 0 Å². The SMILES string of the molecule is CCOc1ccc(C2C(=C([O-])c3ccc(OC)cc3C)C(=O)C(=O)N2Cc2ccc[nH+]c2)cc1. The molecule has 0 bridgehead atoms. The van der Waals surface area contributed by atoms with E-state index in [1.165, 1.54) is 4.90 Å². The fraction of sp³-hybridized carbons (Fsp3) is 0.222. The summed E-state index contributed by atoms with van der Waals surface area (Å²) in [5.74, 6) is -0.654. The monoisotopic (exact) mass is 458 g/mol. The van der Waals surface area contributed by atoms with Gasteiger partial charge in [0.1, 0.15) is 11.5 Å². The number of likely N-dealkylation sites (tertiary alicyclic amines) is 1. The molecule has 1 aromatic heterocycles. The predicted molar refractivity (Wildman–Crippen MR) is 124 cm³/mol. The van der Waals surface area contributed by atoms with Crippen LogP contribution in [0.25, 0.3) is 5.76 Å². The summed E-state index contributed by atoms with van der Waals surface area (Å²) in [6.07, 6.45) is 3.53. The number of carbonyl (C=O) groups is 2. The molecular formula is C27H26N2O5. The molecule has 2 heterocycles. The van der Waals surface area contributed by atoms with Gasteiger partial charge in [0.05, 0.1) is 26.3 Å². The van der Waals surface area contributed by atoms with Crippen molar-refractivity contribution in [3.8, 4) is 11.5 Å². The minimum atomic E-state index is -0.815. The van der Waals surface area contributed by atoms with Crippen LogP contribution in [0, 0.1) is 6.92 Å². The van der Waals surface area contributed by atoms with Crippen LogP contribution < -0.4 is 19.6 Å². The molecule has 2 aromatic carbocycles. The van der Waals surface area contributed by atoms with Crippen LogP contribution in [0.15, 0.2) is 72.6 Å². The first-order chi connectivity index (χ1) is 16.4. The topological polar surface area (TPSA) is 93.0 Å². The van der Waals surface area contributed by atoms with Crippen molar-refractivity contribution in [3.05, 3.63) is 94.8 Å². The van der Waals surface area contributed by atoms with Crippen molar-refractivity contribution in [2.45, 2.75) is 26.4 Å². The van der Waals surface area contributed by atoms with Gasteiger partial charge in [-0.15, -0.1) is 0 Å². The lowest BCUT2D eigenvalue weighted by molar-refractivity contribution is -0.378. The van der Waals surface area contributed by atoms with Crippen molar-refractivity contribution in [2.24, 2.45) is 0 Å². The highest BCUT2D eigenvalue weighted by molar-refractivity contribution is 6.46. The summed E-state index contributed by atoms with van der Waals surface area (Å²) in [5, 5.41) is 13.7. The summed E-state index contributed by atoms with van der Waals surface area (Å²) in [6.45, 7) is 4.37. The number of hydrogen-bond acceptors (Lipinski definition) is 5. The zero-order chi connectivity index (χ0) is 24.2. The quantitative estimate of drug-likeness (QED) is 0.308. The first-order valence-electron chi connectivity index (χ1n) is 11.0. The average Bonchev–Trinajstić information content (AvgIpc) is 3.10. The third-order valence-corrected chi connectivity index (χ3v) is 5.84. The Morgan fingerprint density at radius 3 is 2.44 bits per heavy atom. The number of nitrogens with zero attached hydrogens (tertiary/aromatic N) is 1. The van der Waals surface area contributed by atoms with E-state index in [1.54, 1.807) is 68.9 Å². The molecule has 1 N–H and O–H groups in total. The van der Waals surface area contributed by atoms with Crippen molar-refractivity contribution >= 4 is 17.4 Å². The lowest BCUT2D eigenvalue weighted by atomic mass is 9.93. The van der Waals surface area contributed by atoms with Gasteiger partial charge in [-0.3, -0.25) is 9.59 Å². The molecule has 1 amide bonds. The van der Waals surface area contributed by atoms with E-state index in [9.17, 15) is 14.7 Å². The van der Waals surface area contributed by atoms with Gasteiger partial charge in [-0.2, -0.15) is 0 Å². The molecule has 1 fully saturated rings. The number of nitrogens with one attached hydrogen (secondary N) is 1. The Balaban J connectivity index is 1.85. The molecule has 0 saturated carbocycles. The van der Waals surface area contributed by atoms with Gasteiger partial charge in [0, 0.05) is 17.2 Å². The Kier molecular flexibility index (Phi) is 6.63. The van der Waals surface area contributed by atoms with E-state index in [0.29, 0.717) is 34.8 Å². The highest BCUT2D eigenvalue weighted by Gasteiger charge is 2.44. The Morgan fingerprint density at radius 2 is 1.82 bits per heavy atom. The largest absolute Gasteiger partial charge is 0.872 e. The maximum Gasteiger partial charge on any atom is 0.295 e. The molecule has 1 aliphatic rings. The number of methoxy groups -OCH3 is 1. The number of ketones is 1. The fourth-order valence-electron chi connectivity index (χ4n) is 4.18. The van der Waals surface area contributed by atoms with E-state index in [2.05, 4.69) is 4.98 Å². The Morgan fingerprint density at radius 1 is 1.09 bits per heavy atom. The molecular weight excluding hydrogens is 432 g/mol. The van der Waals surface area contributed by atoms with Crippen LogP contribution in [0.1, 0.15) is 35.2 Å². The van der Waals surface area contributed by atoms with Crippen molar-refractivity contribution in [2.75, 3.05) is 13.7 Å². The maximum absolute atomic E-state index is 13.7. The Bertz CT molecular complexity index is 1240. The van der Waals surface area contributed by atoms with Crippen LogP contribution in [0.2, 0.25) is 0 Å². The van der Waals surface area contributed by atoms with Gasteiger partial charge in [-0.05, 0) is 60.9 Å². The molecule has 7 heteroatoms. The first-order valence-corrected chi connectivity index (χ1v) is 11.0. The van der Waals surface area contributed by atoms with E-state index in [1.807, 2.05) is 19.1 Å². The first kappa shape index (κ1) is 23.0. The van der Waals surface area contributed by atoms with Gasteiger partial charge in [0.25, 0.3) is 5.91 Å². The van der Waals surface area contributed by atoms with Gasteiger partial charge in [0.15, 0.2) is 12.4 Å². The summed E-state index contributed by atoms with van der Waals surface area (Å²) in [5.41, 5.74) is 2.45. The number of aromatic amines is 1. The summed E-state index contributed by atoms with van der Waals surface area (Å²) >= 11 is 0. The molecule has 174 valence electrons. The number of H-pyrrole nitrogens is 1. The van der Waals surface area contributed by atoms with Crippen molar-refractivity contribution in [3.63, 3.8) is 0 Å². The average molecular weight is 459 g/mol. The lowest BCUT2D eigenvalue weighted by Crippen LogP contribution is -2.29. The Hall–Kier alpha value is -4.13. The molecule has 1 atom stereocenters. The summed E-state index contributed by atoms with van der Waals surface area (Å²) in [6, 6.07) is 15.0. The number of aryl methyl sites for hydroxylation is 1. The second-order valence-corrected chi connectivity index (χ2v) is 8.00. The van der Waals surface area contributed by atoms with Crippen LogP contribution in [-0.2, 0) is 16.1 Å². The molecule has 0 spiro atoms. The van der Waals surface area contributed by atoms with Crippen LogP contribution in [0.4, 0.5) is 0 Å². The molecule has 34 heavy (non-hydrogen) atoms. The molecule has 3 aromatic rings. The number of pyridine rings is 1. The standard InChI is InChI=1S/C27H26N2O5/c1-4-34-20-9-7-19(8-10-20)24-23(25(30)22-12-11-21(33-3)14-17(22)2)26(31)27(32)29(24)16-18-6-5-13-28-15-18/h5-15,24,30H,4,16H2,1-3H3. The maximum atomic E-state index is 13.7. The highest BCUT2D eigenvalue weighted by Crippen LogP contribution is 2.40. The van der Waals surface area contributed by atoms with Crippen LogP contribution in [0.3, 0.4) is 0 Å². The molecule has 7 nitrogen and oxygen atoms in total. The van der Waals surface area contributed by atoms with Crippen LogP contribution in [-0.4, -0.2) is 30.3 Å². The van der Waals surface area contributed by atoms with E-state index in [0.717, 1.165) is 5.56 Å². The number of hydrogen-bond donors (Lipinski definition) is 0. The molecule has 1 unspecified atom stereocenters. The second-order valence-electron chi connectivity index (χ2n) is 8.00. The van der Waals surface area contributed by atoms with Gasteiger partial charge in [0.2, 0.25) is 5.78 Å². The Labute approximate surface area is 198 Å². The van der Waals surface area contributed by atoms with E-state index in [-0.39, 0.29) is 12.1 Å². The minimum absolute atomic E-state index is 0.0534. The van der Waals surface area contributed by atoms with Crippen molar-refractivity contribution in [1.82, 2.24) is 4.90 Å². The number of Topliss-reactive ketones (excluding diaryl/α,β-unsaturated/α-hetero) is 1. The predicted octanol–water partition coefficient (Wildman–Crippen LogP) is 2.64. The number of rotatable bonds is 7. The van der Waals surface area contributed by atoms with Crippen LogP contribution >= 0.6 is 0 Å². The summed E-state index contributed by atoms with van der Waals surface area (Å²) < 4.78 is 10.8. The minimum Gasteiger partial charge on any atom is -0.872 e. The number of carbonyl (C=O) groups excluding carboxylic acids is 2. The number of amides is 1. The van der Waals surface area contributed by atoms with E-state index < -0.39 is 23.5 Å². The zero-order valence-electron chi connectivity index (χ0n) is 19.3. The second kappa shape index (κ2) is 9.79. The molecule has 0 aliphatic carbocycles.